The van der Waals surface area contributed by atoms with Gasteiger partial charge < -0.3 is 9.47 Å². The Kier molecular flexibility index (Phi) is 15.3. The van der Waals surface area contributed by atoms with E-state index >= 15 is 0 Å². The van der Waals surface area contributed by atoms with Crippen molar-refractivity contribution in [3.8, 4) is 0 Å². The van der Waals surface area contributed by atoms with Crippen molar-refractivity contribution in [2.24, 2.45) is 0 Å². The van der Waals surface area contributed by atoms with Gasteiger partial charge in [0.05, 0.1) is 6.61 Å². The topological polar surface area (TPSA) is 18.5 Å². The van der Waals surface area contributed by atoms with Crippen LogP contribution in [0.4, 0.5) is 0 Å². The van der Waals surface area contributed by atoms with Crippen LogP contribution in [-0.2, 0) is 9.47 Å². The fraction of sp³-hybridized carbons (Fsp3) is 0.867. The maximum absolute atomic E-state index is 5.40. The summed E-state index contributed by atoms with van der Waals surface area (Å²) in [5.41, 5.74) is 0. The van der Waals surface area contributed by atoms with Crippen LogP contribution in [0.2, 0.25) is 0 Å². The number of hydrogen-bond donors (Lipinski definition) is 0. The minimum atomic E-state index is 0.453. The van der Waals surface area contributed by atoms with Crippen LogP contribution in [0, 0.1) is 0 Å². The van der Waals surface area contributed by atoms with Crippen LogP contribution >= 0.6 is 0 Å². The molecule has 2 heteroatoms. The number of rotatable bonds is 13. The predicted octanol–water partition coefficient (Wildman–Crippen LogP) is 4.69. The summed E-state index contributed by atoms with van der Waals surface area (Å²) in [5, 5.41) is 0. The van der Waals surface area contributed by atoms with Gasteiger partial charge in [-0.1, -0.05) is 58.1 Å². The Morgan fingerprint density at radius 1 is 0.765 bits per heavy atom. The Labute approximate surface area is 107 Å². The molecule has 102 valence electrons. The maximum atomic E-state index is 5.40. The summed E-state index contributed by atoms with van der Waals surface area (Å²) < 4.78 is 10.8. The average molecular weight is 242 g/mol. The first-order chi connectivity index (χ1) is 8.41. The van der Waals surface area contributed by atoms with E-state index < -0.39 is 0 Å². The highest BCUT2D eigenvalue weighted by Crippen LogP contribution is 2.04. The fourth-order valence-corrected chi connectivity index (χ4v) is 1.60. The standard InChI is InChI=1S/C15H30O2/c1-3-5-7-9-10-12-14-17-15-16-13-11-8-6-4-2/h6,8H,3-5,7,9-15H2,1-2H3. The zero-order valence-electron chi connectivity index (χ0n) is 11.7. The first-order valence-corrected chi connectivity index (χ1v) is 7.22. The molecule has 0 bridgehead atoms. The molecule has 0 aliphatic carbocycles. The number of unbranched alkanes of at least 4 members (excludes halogenated alkanes) is 5. The number of allylic oxidation sites excluding steroid dienone is 1. The lowest BCUT2D eigenvalue weighted by molar-refractivity contribution is -0.0531. The third-order valence-corrected chi connectivity index (χ3v) is 2.64. The van der Waals surface area contributed by atoms with E-state index in [9.17, 15) is 0 Å². The average Bonchev–Trinajstić information content (AvgIpc) is 2.35. The van der Waals surface area contributed by atoms with E-state index in [1.807, 2.05) is 0 Å². The maximum Gasteiger partial charge on any atom is 0.146 e. The second-order valence-electron chi connectivity index (χ2n) is 4.37. The van der Waals surface area contributed by atoms with E-state index in [0.29, 0.717) is 6.79 Å². The summed E-state index contributed by atoms with van der Waals surface area (Å²) in [6, 6.07) is 0. The van der Waals surface area contributed by atoms with Crippen LogP contribution < -0.4 is 0 Å². The van der Waals surface area contributed by atoms with E-state index in [2.05, 4.69) is 26.0 Å². The Balaban J connectivity index is 2.91. The second-order valence-corrected chi connectivity index (χ2v) is 4.37. The highest BCUT2D eigenvalue weighted by molar-refractivity contribution is 4.79. The van der Waals surface area contributed by atoms with Gasteiger partial charge >= 0.3 is 0 Å². The first kappa shape index (κ1) is 16.7. The van der Waals surface area contributed by atoms with Gasteiger partial charge in [0.1, 0.15) is 6.79 Å². The van der Waals surface area contributed by atoms with E-state index in [1.54, 1.807) is 0 Å². The van der Waals surface area contributed by atoms with Crippen molar-refractivity contribution in [3.05, 3.63) is 12.2 Å². The molecule has 0 unspecified atom stereocenters. The molecule has 0 aromatic carbocycles. The Hall–Kier alpha value is -0.340. The zero-order chi connectivity index (χ0) is 12.6. The lowest BCUT2D eigenvalue weighted by atomic mass is 10.1. The molecule has 17 heavy (non-hydrogen) atoms. The van der Waals surface area contributed by atoms with Crippen molar-refractivity contribution >= 4 is 0 Å². The first-order valence-electron chi connectivity index (χ1n) is 7.22. The molecule has 0 saturated carbocycles. The highest BCUT2D eigenvalue weighted by Gasteiger charge is 1.91. The molecule has 2 nitrogen and oxygen atoms in total. The quantitative estimate of drug-likeness (QED) is 0.265. The zero-order valence-corrected chi connectivity index (χ0v) is 11.7. The van der Waals surface area contributed by atoms with Crippen LogP contribution in [0.15, 0.2) is 12.2 Å². The molecule has 0 N–H and O–H groups in total. The van der Waals surface area contributed by atoms with Crippen molar-refractivity contribution in [1.82, 2.24) is 0 Å². The molecule has 0 radical (unpaired) electrons. The Morgan fingerprint density at radius 3 is 2.24 bits per heavy atom. The van der Waals surface area contributed by atoms with Crippen LogP contribution in [0.25, 0.3) is 0 Å². The van der Waals surface area contributed by atoms with Crippen molar-refractivity contribution in [3.63, 3.8) is 0 Å². The summed E-state index contributed by atoms with van der Waals surface area (Å²) in [4.78, 5) is 0. The molecular formula is C15H30O2. The number of hydrogen-bond acceptors (Lipinski definition) is 2. The van der Waals surface area contributed by atoms with Gasteiger partial charge in [-0.05, 0) is 19.3 Å². The van der Waals surface area contributed by atoms with Gasteiger partial charge in [0.15, 0.2) is 0 Å². The predicted molar refractivity (Wildman–Crippen MR) is 74.2 cm³/mol. The highest BCUT2D eigenvalue weighted by atomic mass is 16.7. The SMILES string of the molecule is CCC=CCCOCOCCCCCCCC. The molecule has 0 aliphatic heterocycles. The molecule has 0 aromatic rings. The molecule has 0 aromatic heterocycles. The third kappa shape index (κ3) is 15.7. The molecule has 0 spiro atoms. The van der Waals surface area contributed by atoms with Gasteiger partial charge in [-0.2, -0.15) is 0 Å². The molecule has 0 amide bonds. The van der Waals surface area contributed by atoms with Crippen LogP contribution in [0.5, 0.6) is 0 Å². The molecule has 0 atom stereocenters. The minimum absolute atomic E-state index is 0.453. The molecule has 0 rings (SSSR count). The van der Waals surface area contributed by atoms with Crippen LogP contribution in [-0.4, -0.2) is 20.0 Å². The minimum Gasteiger partial charge on any atom is -0.355 e. The largest absolute Gasteiger partial charge is 0.355 e. The summed E-state index contributed by atoms with van der Waals surface area (Å²) in [5.74, 6) is 0. The van der Waals surface area contributed by atoms with E-state index in [-0.39, 0.29) is 0 Å². The van der Waals surface area contributed by atoms with E-state index in [4.69, 9.17) is 9.47 Å². The summed E-state index contributed by atoms with van der Waals surface area (Å²) in [7, 11) is 0. The summed E-state index contributed by atoms with van der Waals surface area (Å²) in [6.07, 6.45) is 14.3. The van der Waals surface area contributed by atoms with Crippen LogP contribution in [0.1, 0.15) is 65.2 Å². The third-order valence-electron chi connectivity index (χ3n) is 2.64. The van der Waals surface area contributed by atoms with E-state index in [1.165, 1.54) is 38.5 Å². The Morgan fingerprint density at radius 2 is 1.47 bits per heavy atom. The molecule has 0 fully saturated rings. The van der Waals surface area contributed by atoms with Gasteiger partial charge in [0, 0.05) is 6.61 Å². The molecule has 0 aliphatic rings. The van der Waals surface area contributed by atoms with Crippen molar-refractivity contribution in [2.75, 3.05) is 20.0 Å². The number of ether oxygens (including phenoxy) is 2. The lowest BCUT2D eigenvalue weighted by Crippen LogP contribution is -2.02. The van der Waals surface area contributed by atoms with Gasteiger partial charge in [0.25, 0.3) is 0 Å². The lowest BCUT2D eigenvalue weighted by Gasteiger charge is -2.04. The molecule has 0 heterocycles. The van der Waals surface area contributed by atoms with E-state index in [0.717, 1.165) is 26.1 Å². The fourth-order valence-electron chi connectivity index (χ4n) is 1.60. The molecular weight excluding hydrogens is 212 g/mol. The van der Waals surface area contributed by atoms with Crippen molar-refractivity contribution < 1.29 is 9.47 Å². The van der Waals surface area contributed by atoms with Crippen LogP contribution in [0.3, 0.4) is 0 Å². The van der Waals surface area contributed by atoms with Gasteiger partial charge in [-0.3, -0.25) is 0 Å². The van der Waals surface area contributed by atoms with Crippen molar-refractivity contribution in [1.29, 1.82) is 0 Å². The van der Waals surface area contributed by atoms with Gasteiger partial charge in [-0.15, -0.1) is 0 Å². The normalized spacial score (nSPS) is 11.4. The Bertz CT molecular complexity index is 155. The second kappa shape index (κ2) is 15.7. The monoisotopic (exact) mass is 242 g/mol. The smallest absolute Gasteiger partial charge is 0.146 e. The summed E-state index contributed by atoms with van der Waals surface area (Å²) >= 11 is 0. The van der Waals surface area contributed by atoms with Gasteiger partial charge in [-0.25, -0.2) is 0 Å². The summed E-state index contributed by atoms with van der Waals surface area (Å²) in [6.45, 7) is 6.45. The molecule has 0 saturated heterocycles. The van der Waals surface area contributed by atoms with Crippen molar-refractivity contribution in [2.45, 2.75) is 65.2 Å². The van der Waals surface area contributed by atoms with Gasteiger partial charge in [0.2, 0.25) is 0 Å².